The summed E-state index contributed by atoms with van der Waals surface area (Å²) in [6, 6.07) is 7.10. The Balaban J connectivity index is 2.62. The third kappa shape index (κ3) is 5.92. The predicted octanol–water partition coefficient (Wildman–Crippen LogP) is 2.94. The molecule has 7 heteroatoms. The summed E-state index contributed by atoms with van der Waals surface area (Å²) < 4.78 is 21.0. The number of ether oxygens (including phenoxy) is 2. The number of hydrogen-bond donors (Lipinski definition) is 0. The van der Waals surface area contributed by atoms with E-state index in [-0.39, 0.29) is 24.3 Å². The number of esters is 2. The summed E-state index contributed by atoms with van der Waals surface area (Å²) in [4.78, 5) is 24.2. The van der Waals surface area contributed by atoms with Crippen LogP contribution >= 0.6 is 0 Å². The summed E-state index contributed by atoms with van der Waals surface area (Å²) >= 11 is 0. The van der Waals surface area contributed by atoms with Gasteiger partial charge in [0.05, 0.1) is 17.7 Å². The molecule has 132 valence electrons. The van der Waals surface area contributed by atoms with Gasteiger partial charge in [0.2, 0.25) is 0 Å². The average molecular weight is 352 g/mol. The average Bonchev–Trinajstić information content (AvgIpc) is 2.62. The van der Waals surface area contributed by atoms with E-state index in [1.54, 1.807) is 26.4 Å². The van der Waals surface area contributed by atoms with E-state index in [9.17, 15) is 9.59 Å². The van der Waals surface area contributed by atoms with Crippen molar-refractivity contribution in [3.05, 3.63) is 48.0 Å². The van der Waals surface area contributed by atoms with Crippen LogP contribution in [0.2, 0.25) is 12.6 Å². The van der Waals surface area contributed by atoms with Crippen molar-refractivity contribution in [3.63, 3.8) is 0 Å². The Kier molecular flexibility index (Phi) is 8.38. The van der Waals surface area contributed by atoms with Crippen molar-refractivity contribution in [2.45, 2.75) is 19.0 Å². The highest BCUT2D eigenvalue weighted by molar-refractivity contribution is 6.65. The molecule has 0 unspecified atom stereocenters. The van der Waals surface area contributed by atoms with Crippen molar-refractivity contribution in [2.75, 3.05) is 27.4 Å². The Labute approximate surface area is 143 Å². The molecule has 0 spiro atoms. The Morgan fingerprint density at radius 3 is 2.12 bits per heavy atom. The fraction of sp³-hybridized carbons (Fsp3) is 0.412. The first-order valence-electron chi connectivity index (χ1n) is 7.62. The molecule has 0 radical (unpaired) electrons. The molecule has 0 amide bonds. The number of benzene rings is 1. The van der Waals surface area contributed by atoms with Crippen LogP contribution in [0.15, 0.2) is 36.9 Å². The number of carbonyl (C=O) groups excluding carboxylic acids is 2. The van der Waals surface area contributed by atoms with Gasteiger partial charge in [-0.3, -0.25) is 0 Å². The van der Waals surface area contributed by atoms with Crippen LogP contribution in [0.1, 0.15) is 27.1 Å². The van der Waals surface area contributed by atoms with Crippen LogP contribution in [-0.2, 0) is 18.3 Å². The van der Waals surface area contributed by atoms with Crippen LogP contribution in [-0.4, -0.2) is 47.9 Å². The monoisotopic (exact) mass is 352 g/mol. The van der Waals surface area contributed by atoms with Gasteiger partial charge in [-0.1, -0.05) is 24.8 Å². The maximum absolute atomic E-state index is 12.2. The Hall–Kier alpha value is -1.96. The van der Waals surface area contributed by atoms with Gasteiger partial charge in [-0.15, -0.1) is 0 Å². The molecule has 0 aromatic heterocycles. The minimum atomic E-state index is -2.17. The Bertz CT molecular complexity index is 568. The highest BCUT2D eigenvalue weighted by Gasteiger charge is 2.28. The maximum atomic E-state index is 12.2. The molecule has 0 heterocycles. The summed E-state index contributed by atoms with van der Waals surface area (Å²) in [5.74, 6) is -1.14. The lowest BCUT2D eigenvalue weighted by atomic mass is 10.1. The summed E-state index contributed by atoms with van der Waals surface area (Å²) in [6.45, 7) is 5.73. The topological polar surface area (TPSA) is 71.1 Å². The summed E-state index contributed by atoms with van der Waals surface area (Å²) in [7, 11) is 1.07. The molecule has 0 aliphatic rings. The van der Waals surface area contributed by atoms with Crippen LogP contribution in [0.4, 0.5) is 0 Å². The zero-order valence-corrected chi connectivity index (χ0v) is 15.4. The normalized spacial score (nSPS) is 11.0. The second-order valence-electron chi connectivity index (χ2n) is 5.21. The standard InChI is InChI=1S/C17H24O6Si/c1-5-11-22-16(18)14-9-6-7-10-15(14)17(19)23-12-8-13-24(4,20-2)21-3/h5-7,9-10H,1,8,11-13H2,2-4H3. The van der Waals surface area contributed by atoms with Crippen LogP contribution in [0.5, 0.6) is 0 Å². The summed E-state index contributed by atoms with van der Waals surface area (Å²) in [5.41, 5.74) is 0.363. The van der Waals surface area contributed by atoms with Crippen molar-refractivity contribution in [2.24, 2.45) is 0 Å². The molecule has 0 N–H and O–H groups in total. The van der Waals surface area contributed by atoms with Crippen molar-refractivity contribution in [3.8, 4) is 0 Å². The van der Waals surface area contributed by atoms with E-state index in [0.717, 1.165) is 0 Å². The molecule has 1 aromatic carbocycles. The summed E-state index contributed by atoms with van der Waals surface area (Å²) in [6.07, 6.45) is 2.09. The molecule has 24 heavy (non-hydrogen) atoms. The predicted molar refractivity (Wildman–Crippen MR) is 92.3 cm³/mol. The zero-order valence-electron chi connectivity index (χ0n) is 14.4. The van der Waals surface area contributed by atoms with Crippen molar-refractivity contribution >= 4 is 20.5 Å². The van der Waals surface area contributed by atoms with Crippen molar-refractivity contribution < 1.29 is 27.9 Å². The third-order valence-electron chi connectivity index (χ3n) is 3.57. The quantitative estimate of drug-likeness (QED) is 0.279. The van der Waals surface area contributed by atoms with Crippen LogP contribution < -0.4 is 0 Å². The molecule has 0 atom stereocenters. The van der Waals surface area contributed by atoms with E-state index < -0.39 is 20.5 Å². The third-order valence-corrected chi connectivity index (χ3v) is 6.56. The van der Waals surface area contributed by atoms with E-state index in [4.69, 9.17) is 18.3 Å². The fourth-order valence-electron chi connectivity index (χ4n) is 1.97. The van der Waals surface area contributed by atoms with Gasteiger partial charge in [0.1, 0.15) is 6.61 Å². The molecule has 0 aliphatic heterocycles. The molecule has 0 bridgehead atoms. The van der Waals surface area contributed by atoms with Gasteiger partial charge in [-0.25, -0.2) is 9.59 Å². The molecule has 0 saturated carbocycles. The molecular weight excluding hydrogens is 328 g/mol. The second-order valence-corrected chi connectivity index (χ2v) is 8.80. The molecular formula is C17H24O6Si. The smallest absolute Gasteiger partial charge is 0.339 e. The van der Waals surface area contributed by atoms with Gasteiger partial charge in [-0.05, 0) is 31.1 Å². The second kappa shape index (κ2) is 10.0. The number of hydrogen-bond acceptors (Lipinski definition) is 6. The number of rotatable bonds is 10. The zero-order chi connectivity index (χ0) is 18.0. The molecule has 6 nitrogen and oxygen atoms in total. The van der Waals surface area contributed by atoms with Crippen molar-refractivity contribution in [1.29, 1.82) is 0 Å². The molecule has 0 aliphatic carbocycles. The largest absolute Gasteiger partial charge is 0.462 e. The SMILES string of the molecule is C=CCOC(=O)c1ccccc1C(=O)OCCC[Si](C)(OC)OC. The highest BCUT2D eigenvalue weighted by Crippen LogP contribution is 2.15. The first-order valence-corrected chi connectivity index (χ1v) is 10.1. The van der Waals surface area contributed by atoms with Gasteiger partial charge in [0, 0.05) is 14.2 Å². The minimum absolute atomic E-state index is 0.0828. The van der Waals surface area contributed by atoms with Crippen molar-refractivity contribution in [1.82, 2.24) is 0 Å². The maximum Gasteiger partial charge on any atom is 0.339 e. The fourth-order valence-corrected chi connectivity index (χ4v) is 3.34. The van der Waals surface area contributed by atoms with Gasteiger partial charge in [0.15, 0.2) is 0 Å². The molecule has 1 rings (SSSR count). The van der Waals surface area contributed by atoms with E-state index >= 15 is 0 Å². The first kappa shape index (κ1) is 20.1. The Morgan fingerprint density at radius 1 is 1.08 bits per heavy atom. The van der Waals surface area contributed by atoms with E-state index in [1.165, 1.54) is 18.2 Å². The lowest BCUT2D eigenvalue weighted by molar-refractivity contribution is 0.0473. The summed E-state index contributed by atoms with van der Waals surface area (Å²) in [5, 5.41) is 0. The first-order chi connectivity index (χ1) is 11.5. The van der Waals surface area contributed by atoms with E-state index in [1.807, 2.05) is 6.55 Å². The van der Waals surface area contributed by atoms with Crippen LogP contribution in [0, 0.1) is 0 Å². The molecule has 0 fully saturated rings. The van der Waals surface area contributed by atoms with Gasteiger partial charge in [-0.2, -0.15) is 0 Å². The van der Waals surface area contributed by atoms with E-state index in [0.29, 0.717) is 12.5 Å². The van der Waals surface area contributed by atoms with Gasteiger partial charge in [0.25, 0.3) is 0 Å². The lowest BCUT2D eigenvalue weighted by Gasteiger charge is -2.22. The minimum Gasteiger partial charge on any atom is -0.462 e. The van der Waals surface area contributed by atoms with Crippen LogP contribution in [0.3, 0.4) is 0 Å². The van der Waals surface area contributed by atoms with E-state index in [2.05, 4.69) is 6.58 Å². The lowest BCUT2D eigenvalue weighted by Crippen LogP contribution is -2.36. The van der Waals surface area contributed by atoms with Gasteiger partial charge < -0.3 is 18.3 Å². The highest BCUT2D eigenvalue weighted by atomic mass is 28.4. The number of carbonyl (C=O) groups is 2. The molecule has 1 aromatic rings. The van der Waals surface area contributed by atoms with Gasteiger partial charge >= 0.3 is 20.5 Å². The molecule has 0 saturated heterocycles. The van der Waals surface area contributed by atoms with Crippen LogP contribution in [0.25, 0.3) is 0 Å². The Morgan fingerprint density at radius 2 is 1.62 bits per heavy atom.